The number of hydrogen-bond donors (Lipinski definition) is 0. The fraction of sp³-hybridized carbons (Fsp3) is 0.276. The van der Waals surface area contributed by atoms with Gasteiger partial charge >= 0.3 is 0 Å². The first kappa shape index (κ1) is 39.4. The Labute approximate surface area is 372 Å². The van der Waals surface area contributed by atoms with Crippen molar-refractivity contribution in [2.45, 2.75) is 104 Å². The highest BCUT2D eigenvalue weighted by Gasteiger charge is 2.56. The summed E-state index contributed by atoms with van der Waals surface area (Å²) in [5.74, 6) is 1.89. The van der Waals surface area contributed by atoms with E-state index in [9.17, 15) is 0 Å². The van der Waals surface area contributed by atoms with Crippen LogP contribution >= 0.6 is 0 Å². The van der Waals surface area contributed by atoms with E-state index in [0.717, 1.165) is 40.2 Å². The van der Waals surface area contributed by atoms with Crippen molar-refractivity contribution < 1.29 is 4.74 Å². The summed E-state index contributed by atoms with van der Waals surface area (Å²) < 4.78 is 9.73. The third kappa shape index (κ3) is 5.81. The highest BCUT2D eigenvalue weighted by atomic mass is 16.5. The van der Waals surface area contributed by atoms with Gasteiger partial charge in [-0.05, 0) is 132 Å². The van der Waals surface area contributed by atoms with Crippen LogP contribution in [0.25, 0.3) is 38.8 Å². The van der Waals surface area contributed by atoms with Gasteiger partial charge in [0.1, 0.15) is 11.4 Å². The molecule has 0 unspecified atom stereocenters. The van der Waals surface area contributed by atoms with Gasteiger partial charge in [0.25, 0.3) is 0 Å². The largest absolute Gasteiger partial charge is 0.464 e. The van der Waals surface area contributed by atoms with Crippen LogP contribution in [0.2, 0.25) is 0 Å². The van der Waals surface area contributed by atoms with Gasteiger partial charge in [-0.15, -0.1) is 0 Å². The number of benzene rings is 6. The molecule has 314 valence electrons. The van der Waals surface area contributed by atoms with Gasteiger partial charge in [0.2, 0.25) is 5.90 Å². The number of para-hydroxylation sites is 1. The molecule has 2 atom stereocenters. The van der Waals surface area contributed by atoms with E-state index in [1.807, 2.05) is 6.20 Å². The molecule has 2 aromatic heterocycles. The fourth-order valence-electron chi connectivity index (χ4n) is 10.9. The van der Waals surface area contributed by atoms with Gasteiger partial charge in [-0.1, -0.05) is 127 Å². The maximum Gasteiger partial charge on any atom is 0.217 e. The Morgan fingerprint density at radius 2 is 1.38 bits per heavy atom. The molecule has 6 aromatic carbocycles. The Morgan fingerprint density at radius 3 is 2.16 bits per heavy atom. The number of fused-ring (bicyclic) bond motifs is 10. The first-order valence-electron chi connectivity index (χ1n) is 22.6. The maximum atomic E-state index is 7.35. The molecule has 0 spiro atoms. The lowest BCUT2D eigenvalue weighted by molar-refractivity contribution is 0.0320. The number of aryl methyl sites for hydroxylation is 1. The third-order valence-electron chi connectivity index (χ3n) is 14.7. The van der Waals surface area contributed by atoms with Gasteiger partial charge in [0, 0.05) is 45.6 Å². The Bertz CT molecular complexity index is 3230. The van der Waals surface area contributed by atoms with Crippen molar-refractivity contribution >= 4 is 44.8 Å². The molecule has 0 fully saturated rings. The number of rotatable bonds is 4. The van der Waals surface area contributed by atoms with Crippen molar-refractivity contribution in [3.63, 3.8) is 0 Å². The zero-order chi connectivity index (χ0) is 43.8. The van der Waals surface area contributed by atoms with E-state index in [1.54, 1.807) is 0 Å². The topological polar surface area (TPSA) is 42.7 Å². The molecule has 0 bridgehead atoms. The first-order valence-corrected chi connectivity index (χ1v) is 22.6. The van der Waals surface area contributed by atoms with Gasteiger partial charge in [-0.2, -0.15) is 0 Å². The summed E-state index contributed by atoms with van der Waals surface area (Å²) in [4.78, 5) is 13.2. The van der Waals surface area contributed by atoms with E-state index in [0.29, 0.717) is 5.90 Å². The molecule has 63 heavy (non-hydrogen) atoms. The molecule has 2 aliphatic heterocycles. The number of aromatic nitrogens is 2. The van der Waals surface area contributed by atoms with Crippen LogP contribution in [0.1, 0.15) is 113 Å². The molecule has 1 aliphatic carbocycles. The minimum atomic E-state index is -0.685. The molecule has 4 heterocycles. The minimum Gasteiger partial charge on any atom is -0.464 e. The van der Waals surface area contributed by atoms with E-state index >= 15 is 0 Å². The summed E-state index contributed by atoms with van der Waals surface area (Å²) in [6, 6.07) is 49.7. The van der Waals surface area contributed by atoms with Crippen LogP contribution in [0.3, 0.4) is 0 Å². The van der Waals surface area contributed by atoms with Crippen molar-refractivity contribution in [2.75, 3.05) is 4.90 Å². The van der Waals surface area contributed by atoms with Gasteiger partial charge < -0.3 is 9.64 Å². The van der Waals surface area contributed by atoms with Gasteiger partial charge in [0.05, 0.1) is 22.4 Å². The number of ether oxygens (including phenoxy) is 1. The molecule has 5 heteroatoms. The second kappa shape index (κ2) is 13.5. The molecular formula is C58H56N4O. The number of aliphatic imine (C=N–C) groups is 1. The average molecular weight is 825 g/mol. The smallest absolute Gasteiger partial charge is 0.217 e. The number of pyridine rings is 1. The summed E-state index contributed by atoms with van der Waals surface area (Å²) >= 11 is 0. The molecule has 3 aliphatic rings. The van der Waals surface area contributed by atoms with Crippen LogP contribution in [0.15, 0.2) is 145 Å². The second-order valence-electron chi connectivity index (χ2n) is 20.5. The van der Waals surface area contributed by atoms with Crippen LogP contribution in [0, 0.1) is 6.92 Å². The maximum absolute atomic E-state index is 7.35. The molecule has 11 rings (SSSR count). The predicted octanol–water partition coefficient (Wildman–Crippen LogP) is 14.7. The lowest BCUT2D eigenvalue weighted by Gasteiger charge is -2.42. The van der Waals surface area contributed by atoms with E-state index < -0.39 is 11.1 Å². The summed E-state index contributed by atoms with van der Waals surface area (Å²) in [5, 5.41) is 2.47. The molecule has 5 nitrogen and oxygen atoms in total. The zero-order valence-electron chi connectivity index (χ0n) is 38.3. The van der Waals surface area contributed by atoms with Gasteiger partial charge in [-0.3, -0.25) is 4.57 Å². The molecule has 0 N–H and O–H groups in total. The normalized spacial score (nSPS) is 19.8. The van der Waals surface area contributed by atoms with Crippen molar-refractivity contribution in [1.29, 1.82) is 0 Å². The van der Waals surface area contributed by atoms with Gasteiger partial charge in [0.15, 0.2) is 5.60 Å². The summed E-state index contributed by atoms with van der Waals surface area (Å²) in [6.45, 7) is 22.8. The Balaban J connectivity index is 1.15. The second-order valence-corrected chi connectivity index (χ2v) is 20.5. The Kier molecular flexibility index (Phi) is 8.45. The summed E-state index contributed by atoms with van der Waals surface area (Å²) in [7, 11) is 0. The highest BCUT2D eigenvalue weighted by Crippen LogP contribution is 2.56. The van der Waals surface area contributed by atoms with Crippen LogP contribution in [-0.4, -0.2) is 21.0 Å². The number of anilines is 3. The monoisotopic (exact) mass is 824 g/mol. The van der Waals surface area contributed by atoms with Crippen LogP contribution in [-0.2, 0) is 27.6 Å². The van der Waals surface area contributed by atoms with Crippen molar-refractivity contribution in [2.24, 2.45) is 4.99 Å². The van der Waals surface area contributed by atoms with Crippen molar-refractivity contribution in [1.82, 2.24) is 9.55 Å². The van der Waals surface area contributed by atoms with E-state index in [1.165, 1.54) is 66.5 Å². The average Bonchev–Trinajstić information content (AvgIpc) is 3.70. The van der Waals surface area contributed by atoms with E-state index in [4.69, 9.17) is 14.7 Å². The van der Waals surface area contributed by atoms with Crippen molar-refractivity contribution in [3.8, 4) is 16.9 Å². The quantitative estimate of drug-likeness (QED) is 0.178. The summed E-state index contributed by atoms with van der Waals surface area (Å²) in [6.07, 6.45) is 2.74. The fourth-order valence-corrected chi connectivity index (χ4v) is 10.9. The number of nitrogens with zero attached hydrogens (tertiary/aromatic N) is 4. The van der Waals surface area contributed by atoms with Crippen molar-refractivity contribution in [3.05, 3.63) is 184 Å². The molecule has 8 aromatic rings. The highest BCUT2D eigenvalue weighted by molar-refractivity contribution is 6.12. The zero-order valence-corrected chi connectivity index (χ0v) is 38.3. The van der Waals surface area contributed by atoms with Crippen LogP contribution in [0.4, 0.5) is 17.1 Å². The lowest BCUT2D eigenvalue weighted by Crippen LogP contribution is -2.45. The van der Waals surface area contributed by atoms with E-state index in [2.05, 4.69) is 212 Å². The van der Waals surface area contributed by atoms with Crippen LogP contribution in [0.5, 0.6) is 0 Å². The summed E-state index contributed by atoms with van der Waals surface area (Å²) in [5.41, 5.74) is 16.4. The molecular weight excluding hydrogens is 769 g/mol. The van der Waals surface area contributed by atoms with E-state index in [-0.39, 0.29) is 16.7 Å². The Hall–Kier alpha value is -6.46. The SMILES string of the molecule is Cc1ccc2c(c1)c1cc3c(cc1n2-c1cc(C(C)(C)C)ccn1)N(c1cc(C2=N[C@]4(C)Cc5ccccc5-c5ccccc5[C@]4(C)O2)cc(C(C)C)c1)c1ccccc1C3(C)C. The minimum absolute atomic E-state index is 0.0249. The first-order chi connectivity index (χ1) is 30.1. The standard InChI is InChI=1S/C58H56N4O/c1-35(2)38-28-39(54-60-57(9)34-37-17-11-12-18-42(37)43-19-13-14-20-46(43)58(57,10)63-54)30-41(29-38)61-50-22-16-15-21-47(50)56(7,8)48-32-45-44-27-36(3)23-24-49(44)62(51(45)33-52(48)61)53-31-40(25-26-59-53)55(4,5)6/h11-33,35H,34H2,1-10H3/t57-,58+/m1/s1. The van der Waals surface area contributed by atoms with Gasteiger partial charge in [-0.25, -0.2) is 9.98 Å². The Morgan fingerprint density at radius 1 is 0.667 bits per heavy atom. The molecule has 0 saturated carbocycles. The number of hydrogen-bond acceptors (Lipinski definition) is 4. The third-order valence-corrected chi connectivity index (χ3v) is 14.7. The van der Waals surface area contributed by atoms with Crippen LogP contribution < -0.4 is 4.90 Å². The predicted molar refractivity (Wildman–Crippen MR) is 262 cm³/mol. The molecule has 0 saturated heterocycles. The lowest BCUT2D eigenvalue weighted by atomic mass is 9.73. The molecule has 0 radical (unpaired) electrons. The molecule has 0 amide bonds.